The second-order valence-electron chi connectivity index (χ2n) is 4.75. The first-order valence-electron chi connectivity index (χ1n) is 6.32. The van der Waals surface area contributed by atoms with Crippen LogP contribution in [0.4, 0.5) is 0 Å². The summed E-state index contributed by atoms with van der Waals surface area (Å²) in [5.74, 6) is 0.344. The van der Waals surface area contributed by atoms with Gasteiger partial charge in [0.2, 0.25) is 0 Å². The van der Waals surface area contributed by atoms with E-state index in [1.165, 1.54) is 6.42 Å². The average Bonchev–Trinajstić information content (AvgIpc) is 2.39. The van der Waals surface area contributed by atoms with Gasteiger partial charge in [-0.2, -0.15) is 0 Å². The molecule has 4 nitrogen and oxygen atoms in total. The van der Waals surface area contributed by atoms with E-state index in [1.807, 2.05) is 0 Å². The van der Waals surface area contributed by atoms with Crippen LogP contribution in [-0.4, -0.2) is 23.5 Å². The molecule has 2 atom stereocenters. The highest BCUT2D eigenvalue weighted by Gasteiger charge is 2.25. The summed E-state index contributed by atoms with van der Waals surface area (Å²) in [7, 11) is 0. The van der Waals surface area contributed by atoms with Crippen LogP contribution in [0.25, 0.3) is 0 Å². The Morgan fingerprint density at radius 3 is 2.70 bits per heavy atom. The van der Waals surface area contributed by atoms with Crippen molar-refractivity contribution in [3.05, 3.63) is 28.5 Å². The van der Waals surface area contributed by atoms with Gasteiger partial charge >= 0.3 is 0 Å². The van der Waals surface area contributed by atoms with E-state index < -0.39 is 0 Å². The van der Waals surface area contributed by atoms with Crippen molar-refractivity contribution in [1.29, 1.82) is 0 Å². The summed E-state index contributed by atoms with van der Waals surface area (Å²) in [6, 6.07) is 1.98. The second-order valence-corrected chi connectivity index (χ2v) is 5.67. The van der Waals surface area contributed by atoms with Gasteiger partial charge in [0.1, 0.15) is 0 Å². The first kappa shape index (κ1) is 19.6. The molecule has 1 amide bonds. The van der Waals surface area contributed by atoms with Crippen molar-refractivity contribution >= 4 is 46.7 Å². The van der Waals surface area contributed by atoms with E-state index in [2.05, 4.69) is 26.2 Å². The van der Waals surface area contributed by atoms with Crippen molar-refractivity contribution in [2.75, 3.05) is 6.54 Å². The first-order chi connectivity index (χ1) is 8.70. The van der Waals surface area contributed by atoms with Crippen LogP contribution in [0.1, 0.15) is 36.0 Å². The number of nitrogens with one attached hydrogen (secondary N) is 1. The Kier molecular flexibility index (Phi) is 9.38. The highest BCUT2D eigenvalue weighted by Crippen LogP contribution is 2.23. The third-order valence-electron chi connectivity index (χ3n) is 3.50. The van der Waals surface area contributed by atoms with Gasteiger partial charge in [0.25, 0.3) is 5.91 Å². The fourth-order valence-electron chi connectivity index (χ4n) is 2.47. The van der Waals surface area contributed by atoms with Crippen LogP contribution in [0.5, 0.6) is 0 Å². The Hall–Kier alpha value is -0.360. The van der Waals surface area contributed by atoms with Crippen LogP contribution < -0.4 is 11.1 Å². The third-order valence-corrected chi connectivity index (χ3v) is 3.93. The van der Waals surface area contributed by atoms with Crippen molar-refractivity contribution in [2.24, 2.45) is 11.7 Å². The van der Waals surface area contributed by atoms with E-state index in [0.29, 0.717) is 18.0 Å². The molecule has 0 spiro atoms. The minimum Gasteiger partial charge on any atom is -0.349 e. The summed E-state index contributed by atoms with van der Waals surface area (Å²) in [6.07, 6.45) is 7.76. The molecule has 1 saturated carbocycles. The molecule has 20 heavy (non-hydrogen) atoms. The van der Waals surface area contributed by atoms with Gasteiger partial charge in [0.05, 0.1) is 5.56 Å². The zero-order valence-electron chi connectivity index (χ0n) is 11.0. The number of halogens is 3. The number of nitrogens with zero attached hydrogens (tertiary/aromatic N) is 1. The normalized spacial score (nSPS) is 21.3. The van der Waals surface area contributed by atoms with Gasteiger partial charge in [-0.3, -0.25) is 9.78 Å². The Labute approximate surface area is 140 Å². The van der Waals surface area contributed by atoms with E-state index in [4.69, 9.17) is 5.73 Å². The third kappa shape index (κ3) is 5.20. The van der Waals surface area contributed by atoms with Crippen LogP contribution in [0.15, 0.2) is 22.9 Å². The number of carbonyl (C=O) groups is 1. The van der Waals surface area contributed by atoms with E-state index in [0.717, 1.165) is 23.7 Å². The summed E-state index contributed by atoms with van der Waals surface area (Å²) in [6.45, 7) is 0.641. The lowest BCUT2D eigenvalue weighted by atomic mass is 9.84. The largest absolute Gasteiger partial charge is 0.349 e. The Bertz CT molecular complexity index is 434. The highest BCUT2D eigenvalue weighted by atomic mass is 79.9. The smallest absolute Gasteiger partial charge is 0.253 e. The van der Waals surface area contributed by atoms with Gasteiger partial charge in [-0.15, -0.1) is 24.8 Å². The zero-order valence-corrected chi connectivity index (χ0v) is 14.3. The molecule has 2 rings (SSSR count). The molecular weight excluding hydrogens is 365 g/mol. The maximum atomic E-state index is 12.1. The number of nitrogens with two attached hydrogens (primary N) is 1. The molecule has 0 saturated heterocycles. The molecular formula is C13H20BrCl2N3O. The fraction of sp³-hybridized carbons (Fsp3) is 0.538. The molecule has 0 aromatic carbocycles. The number of amides is 1. The van der Waals surface area contributed by atoms with Crippen molar-refractivity contribution in [3.63, 3.8) is 0 Å². The molecule has 3 N–H and O–H groups in total. The fourth-order valence-corrected chi connectivity index (χ4v) is 2.83. The number of carbonyl (C=O) groups excluding carboxylic acids is 1. The summed E-state index contributed by atoms with van der Waals surface area (Å²) in [5.41, 5.74) is 6.35. The maximum absolute atomic E-state index is 12.1. The van der Waals surface area contributed by atoms with Crippen LogP contribution in [0.3, 0.4) is 0 Å². The number of pyridine rings is 1. The maximum Gasteiger partial charge on any atom is 0.253 e. The SMILES string of the molecule is Cl.Cl.NCC1CCCCC1NC(=O)c1cncc(Br)c1. The van der Waals surface area contributed by atoms with Crippen LogP contribution in [0.2, 0.25) is 0 Å². The van der Waals surface area contributed by atoms with Gasteiger partial charge in [-0.1, -0.05) is 12.8 Å². The molecule has 0 aliphatic heterocycles. The summed E-state index contributed by atoms with van der Waals surface area (Å²) in [4.78, 5) is 16.1. The molecule has 1 aliphatic carbocycles. The molecule has 1 aliphatic rings. The van der Waals surface area contributed by atoms with Crippen molar-refractivity contribution in [1.82, 2.24) is 10.3 Å². The molecule has 1 heterocycles. The lowest BCUT2D eigenvalue weighted by molar-refractivity contribution is 0.0907. The van der Waals surface area contributed by atoms with Crippen molar-refractivity contribution in [2.45, 2.75) is 31.7 Å². The predicted molar refractivity (Wildman–Crippen MR) is 88.7 cm³/mol. The average molecular weight is 385 g/mol. The monoisotopic (exact) mass is 383 g/mol. The molecule has 0 radical (unpaired) electrons. The summed E-state index contributed by atoms with van der Waals surface area (Å²) < 4.78 is 0.814. The van der Waals surface area contributed by atoms with Gasteiger partial charge in [0.15, 0.2) is 0 Å². The molecule has 2 unspecified atom stereocenters. The zero-order chi connectivity index (χ0) is 13.0. The Morgan fingerprint density at radius 1 is 1.35 bits per heavy atom. The van der Waals surface area contributed by atoms with E-state index >= 15 is 0 Å². The van der Waals surface area contributed by atoms with Gasteiger partial charge in [-0.05, 0) is 47.3 Å². The molecule has 1 aromatic heterocycles. The minimum atomic E-state index is -0.0610. The van der Waals surface area contributed by atoms with Crippen molar-refractivity contribution in [3.8, 4) is 0 Å². The number of hydrogen-bond acceptors (Lipinski definition) is 3. The Balaban J connectivity index is 0.00000180. The lowest BCUT2D eigenvalue weighted by Gasteiger charge is -2.31. The number of aromatic nitrogens is 1. The second kappa shape index (κ2) is 9.55. The van der Waals surface area contributed by atoms with Crippen molar-refractivity contribution < 1.29 is 4.79 Å². The van der Waals surface area contributed by atoms with E-state index in [1.54, 1.807) is 18.5 Å². The van der Waals surface area contributed by atoms with Gasteiger partial charge in [0, 0.05) is 22.9 Å². The van der Waals surface area contributed by atoms with Crippen LogP contribution >= 0.6 is 40.7 Å². The standard InChI is InChI=1S/C13H18BrN3O.2ClH/c14-11-5-10(7-16-8-11)13(18)17-12-4-2-1-3-9(12)6-15;;/h5,7-9,12H,1-4,6,15H2,(H,17,18);2*1H. The number of hydrogen-bond donors (Lipinski definition) is 2. The number of rotatable bonds is 3. The molecule has 114 valence electrons. The van der Waals surface area contributed by atoms with Crippen LogP contribution in [0, 0.1) is 5.92 Å². The van der Waals surface area contributed by atoms with E-state index in [9.17, 15) is 4.79 Å². The Morgan fingerprint density at radius 2 is 2.05 bits per heavy atom. The molecule has 1 fully saturated rings. The molecule has 7 heteroatoms. The van der Waals surface area contributed by atoms with Gasteiger partial charge in [-0.25, -0.2) is 0 Å². The van der Waals surface area contributed by atoms with E-state index in [-0.39, 0.29) is 36.8 Å². The van der Waals surface area contributed by atoms with Gasteiger partial charge < -0.3 is 11.1 Å². The molecule has 0 bridgehead atoms. The highest BCUT2D eigenvalue weighted by molar-refractivity contribution is 9.10. The minimum absolute atomic E-state index is 0. The lowest BCUT2D eigenvalue weighted by Crippen LogP contribution is -2.44. The summed E-state index contributed by atoms with van der Waals surface area (Å²) >= 11 is 3.32. The van der Waals surface area contributed by atoms with Crippen LogP contribution in [-0.2, 0) is 0 Å². The summed E-state index contributed by atoms with van der Waals surface area (Å²) in [5, 5.41) is 3.08. The molecule has 1 aromatic rings. The first-order valence-corrected chi connectivity index (χ1v) is 7.11. The quantitative estimate of drug-likeness (QED) is 0.841. The topological polar surface area (TPSA) is 68.0 Å². The predicted octanol–water partition coefficient (Wildman–Crippen LogP) is 2.94.